The molecule has 2 heterocycles. The van der Waals surface area contributed by atoms with E-state index in [1.54, 1.807) is 0 Å². The average Bonchev–Trinajstić information content (AvgIpc) is 3.27. The Hall–Kier alpha value is -1.59. The van der Waals surface area contributed by atoms with Crippen molar-refractivity contribution in [1.82, 2.24) is 9.80 Å². The molecule has 0 aromatic heterocycles. The van der Waals surface area contributed by atoms with Crippen LogP contribution in [0, 0.1) is 12.8 Å². The second-order valence-corrected chi connectivity index (χ2v) is 7.86. The van der Waals surface area contributed by atoms with E-state index in [-0.39, 0.29) is 6.47 Å². The van der Waals surface area contributed by atoms with Crippen LogP contribution < -0.4 is 4.74 Å². The fourth-order valence-corrected chi connectivity index (χ4v) is 4.69. The van der Waals surface area contributed by atoms with E-state index >= 15 is 0 Å². The number of likely N-dealkylation sites (tertiary alicyclic amines) is 2. The molecule has 1 aromatic rings. The molecule has 3 fully saturated rings. The monoisotopic (exact) mass is 360 g/mol. The van der Waals surface area contributed by atoms with Crippen molar-refractivity contribution in [1.29, 1.82) is 0 Å². The van der Waals surface area contributed by atoms with Crippen molar-refractivity contribution < 1.29 is 14.6 Å². The van der Waals surface area contributed by atoms with Gasteiger partial charge in [-0.15, -0.1) is 0 Å². The maximum Gasteiger partial charge on any atom is 0.290 e. The van der Waals surface area contributed by atoms with Crippen molar-refractivity contribution in [3.63, 3.8) is 0 Å². The molecule has 0 spiro atoms. The van der Waals surface area contributed by atoms with Crippen molar-refractivity contribution >= 4 is 6.47 Å². The molecule has 0 amide bonds. The van der Waals surface area contributed by atoms with Gasteiger partial charge in [0, 0.05) is 38.8 Å². The van der Waals surface area contributed by atoms with Crippen LogP contribution in [0.5, 0.6) is 5.75 Å². The van der Waals surface area contributed by atoms with Crippen LogP contribution in [0.15, 0.2) is 24.3 Å². The number of para-hydroxylation sites is 1. The smallest absolute Gasteiger partial charge is 0.290 e. The van der Waals surface area contributed by atoms with Crippen LogP contribution in [0.4, 0.5) is 0 Å². The Morgan fingerprint density at radius 3 is 2.50 bits per heavy atom. The third-order valence-corrected chi connectivity index (χ3v) is 6.15. The molecule has 5 nitrogen and oxygen atoms in total. The molecule has 1 aliphatic carbocycles. The zero-order valence-corrected chi connectivity index (χ0v) is 15.8. The highest BCUT2D eigenvalue weighted by Gasteiger charge is 2.37. The molecule has 2 aliphatic heterocycles. The van der Waals surface area contributed by atoms with Crippen molar-refractivity contribution in [2.24, 2.45) is 5.92 Å². The second-order valence-electron chi connectivity index (χ2n) is 7.86. The number of nitrogens with zero attached hydrogens (tertiary/aromatic N) is 2. The Labute approximate surface area is 156 Å². The van der Waals surface area contributed by atoms with Crippen LogP contribution in [-0.2, 0) is 4.79 Å². The van der Waals surface area contributed by atoms with E-state index in [1.807, 2.05) is 0 Å². The summed E-state index contributed by atoms with van der Waals surface area (Å²) in [6, 6.07) is 9.30. The van der Waals surface area contributed by atoms with Crippen molar-refractivity contribution in [2.75, 3.05) is 32.7 Å². The Balaban J connectivity index is 0.000000613. The molecule has 26 heavy (non-hydrogen) atoms. The predicted molar refractivity (Wildman–Crippen MR) is 103 cm³/mol. The Bertz CT molecular complexity index is 572. The molecule has 1 aromatic carbocycles. The summed E-state index contributed by atoms with van der Waals surface area (Å²) in [6.45, 7) is 8.17. The second kappa shape index (κ2) is 9.38. The summed E-state index contributed by atoms with van der Waals surface area (Å²) in [5, 5.41) is 6.89. The number of carbonyl (C=O) groups is 1. The minimum absolute atomic E-state index is 0.250. The zero-order valence-electron chi connectivity index (χ0n) is 15.8. The van der Waals surface area contributed by atoms with Crippen LogP contribution in [0.25, 0.3) is 0 Å². The number of piperidine rings is 2. The maximum atomic E-state index is 8.36. The number of ether oxygens (including phenoxy) is 1. The molecule has 4 rings (SSSR count). The molecule has 2 bridgehead atoms. The zero-order chi connectivity index (χ0) is 18.4. The molecule has 0 radical (unpaired) electrons. The minimum atomic E-state index is -0.250. The molecular weight excluding hydrogens is 328 g/mol. The molecule has 2 atom stereocenters. The van der Waals surface area contributed by atoms with Gasteiger partial charge in [-0.1, -0.05) is 18.2 Å². The van der Waals surface area contributed by atoms with Gasteiger partial charge in [0.15, 0.2) is 0 Å². The molecule has 1 N–H and O–H groups in total. The molecule has 2 saturated heterocycles. The summed E-state index contributed by atoms with van der Waals surface area (Å²) < 4.78 is 6.22. The Morgan fingerprint density at radius 2 is 1.88 bits per heavy atom. The number of rotatable bonds is 5. The van der Waals surface area contributed by atoms with Gasteiger partial charge in [-0.3, -0.25) is 9.69 Å². The third-order valence-electron chi connectivity index (χ3n) is 6.15. The lowest BCUT2D eigenvalue weighted by molar-refractivity contribution is -0.122. The number of carboxylic acid groups (broad SMARTS) is 1. The topological polar surface area (TPSA) is 53.0 Å². The number of fused-ring (bicyclic) bond motifs is 2. The normalized spacial score (nSPS) is 26.3. The van der Waals surface area contributed by atoms with Crippen LogP contribution in [-0.4, -0.2) is 66.2 Å². The van der Waals surface area contributed by atoms with E-state index in [4.69, 9.17) is 14.6 Å². The SMILES string of the molecule is Cc1ccccc1OC1CCN(CCN2C[C@H]3CC[C@@H]2C3)CC1.O=CO. The van der Waals surface area contributed by atoms with E-state index in [0.717, 1.165) is 17.7 Å². The highest BCUT2D eigenvalue weighted by Crippen LogP contribution is 2.37. The highest BCUT2D eigenvalue weighted by atomic mass is 16.5. The van der Waals surface area contributed by atoms with Crippen LogP contribution in [0.3, 0.4) is 0 Å². The van der Waals surface area contributed by atoms with Crippen molar-refractivity contribution in [2.45, 2.75) is 51.2 Å². The lowest BCUT2D eigenvalue weighted by Gasteiger charge is -2.34. The fourth-order valence-electron chi connectivity index (χ4n) is 4.69. The first-order valence-corrected chi connectivity index (χ1v) is 9.96. The van der Waals surface area contributed by atoms with Gasteiger partial charge in [0.25, 0.3) is 6.47 Å². The van der Waals surface area contributed by atoms with Crippen LogP contribution >= 0.6 is 0 Å². The minimum Gasteiger partial charge on any atom is -0.490 e. The van der Waals surface area contributed by atoms with Crippen molar-refractivity contribution in [3.05, 3.63) is 29.8 Å². The summed E-state index contributed by atoms with van der Waals surface area (Å²) >= 11 is 0. The quantitative estimate of drug-likeness (QED) is 0.818. The Morgan fingerprint density at radius 1 is 1.15 bits per heavy atom. The Kier molecular flexibility index (Phi) is 6.92. The van der Waals surface area contributed by atoms with Gasteiger partial charge in [0.2, 0.25) is 0 Å². The first-order chi connectivity index (χ1) is 12.7. The maximum absolute atomic E-state index is 8.36. The van der Waals surface area contributed by atoms with Crippen molar-refractivity contribution in [3.8, 4) is 5.75 Å². The highest BCUT2D eigenvalue weighted by molar-refractivity contribution is 5.32. The molecule has 144 valence electrons. The van der Waals surface area contributed by atoms with Gasteiger partial charge in [0.1, 0.15) is 11.9 Å². The summed E-state index contributed by atoms with van der Waals surface area (Å²) in [5.41, 5.74) is 1.25. The van der Waals surface area contributed by atoms with Gasteiger partial charge < -0.3 is 14.7 Å². The van der Waals surface area contributed by atoms with Gasteiger partial charge in [0.05, 0.1) is 0 Å². The standard InChI is InChI=1S/C20H30N2O.CH2O2/c1-16-4-2-3-5-20(16)23-19-8-10-21(11-9-19)12-13-22-15-17-6-7-18(22)14-17;2-1-3/h2-5,17-19H,6-15H2,1H3;1H,(H,2,3)/t17-,18+;/m0./s1. The van der Waals surface area contributed by atoms with E-state index in [0.29, 0.717) is 6.10 Å². The molecule has 3 aliphatic rings. The predicted octanol–water partition coefficient (Wildman–Crippen LogP) is 3.02. The van der Waals surface area contributed by atoms with E-state index in [9.17, 15) is 0 Å². The van der Waals surface area contributed by atoms with Crippen LogP contribution in [0.1, 0.15) is 37.7 Å². The number of hydrogen-bond acceptors (Lipinski definition) is 4. The summed E-state index contributed by atoms with van der Waals surface area (Å²) in [6.07, 6.45) is 7.16. The third kappa shape index (κ3) is 4.98. The van der Waals surface area contributed by atoms with Gasteiger partial charge in [-0.25, -0.2) is 0 Å². The largest absolute Gasteiger partial charge is 0.490 e. The number of hydrogen-bond donors (Lipinski definition) is 1. The fraction of sp³-hybridized carbons (Fsp3) is 0.667. The lowest BCUT2D eigenvalue weighted by atomic mass is 10.1. The van der Waals surface area contributed by atoms with Gasteiger partial charge in [-0.2, -0.15) is 0 Å². The molecular formula is C21H32N2O3. The summed E-state index contributed by atoms with van der Waals surface area (Å²) in [5.74, 6) is 2.09. The summed E-state index contributed by atoms with van der Waals surface area (Å²) in [4.78, 5) is 13.8. The first-order valence-electron chi connectivity index (χ1n) is 9.96. The van der Waals surface area contributed by atoms with Gasteiger partial charge in [-0.05, 0) is 56.6 Å². The number of aryl methyl sites for hydroxylation is 1. The van der Waals surface area contributed by atoms with Crippen LogP contribution in [0.2, 0.25) is 0 Å². The molecule has 0 unspecified atom stereocenters. The first kappa shape index (κ1) is 19.2. The van der Waals surface area contributed by atoms with E-state index in [2.05, 4.69) is 41.0 Å². The van der Waals surface area contributed by atoms with E-state index in [1.165, 1.54) is 70.4 Å². The average molecular weight is 360 g/mol. The molecule has 1 saturated carbocycles. The van der Waals surface area contributed by atoms with E-state index < -0.39 is 0 Å². The molecule has 5 heteroatoms. The van der Waals surface area contributed by atoms with Gasteiger partial charge >= 0.3 is 0 Å². The lowest BCUT2D eigenvalue weighted by Crippen LogP contribution is -2.43. The number of benzene rings is 1. The summed E-state index contributed by atoms with van der Waals surface area (Å²) in [7, 11) is 0.